The van der Waals surface area contributed by atoms with Gasteiger partial charge in [-0.2, -0.15) is 0 Å². The fraction of sp³-hybridized carbons (Fsp3) is 0.562. The highest BCUT2D eigenvalue weighted by atomic mass is 16.5. The Bertz CT molecular complexity index is 633. The quantitative estimate of drug-likeness (QED) is 0.627. The Morgan fingerprint density at radius 1 is 1.09 bits per heavy atom. The molecule has 0 bridgehead atoms. The topological polar surface area (TPSA) is 88.5 Å². The summed E-state index contributed by atoms with van der Waals surface area (Å²) in [6.45, 7) is 11.7. The van der Waals surface area contributed by atoms with E-state index in [2.05, 4.69) is 25.8 Å². The molecule has 0 radical (unpaired) electrons. The molecule has 7 nitrogen and oxygen atoms in total. The molecule has 0 aromatic carbocycles. The largest absolute Gasteiger partial charge is 0.444 e. The van der Waals surface area contributed by atoms with Gasteiger partial charge in [-0.3, -0.25) is 0 Å². The Morgan fingerprint density at radius 2 is 1.87 bits per heavy atom. The summed E-state index contributed by atoms with van der Waals surface area (Å²) in [5, 5.41) is 10.5. The summed E-state index contributed by atoms with van der Waals surface area (Å²) >= 11 is 0. The van der Waals surface area contributed by atoms with Crippen LogP contribution in [-0.4, -0.2) is 29.2 Å². The predicted octanol–water partition coefficient (Wildman–Crippen LogP) is 2.19. The molecule has 0 amide bonds. The lowest BCUT2D eigenvalue weighted by atomic mass is 10.1. The molecule has 2 aromatic heterocycles. The first-order chi connectivity index (χ1) is 11.0. The maximum atomic E-state index is 5.54. The van der Waals surface area contributed by atoms with Crippen LogP contribution in [0.2, 0.25) is 0 Å². The monoisotopic (exact) mass is 319 g/mol. The Kier molecular flexibility index (Phi) is 5.78. The van der Waals surface area contributed by atoms with E-state index in [4.69, 9.17) is 8.94 Å². The Hall–Kier alpha value is -2.31. The van der Waals surface area contributed by atoms with Gasteiger partial charge < -0.3 is 19.6 Å². The van der Waals surface area contributed by atoms with E-state index >= 15 is 0 Å². The normalized spacial score (nSPS) is 11.8. The fourth-order valence-corrected chi connectivity index (χ4v) is 2.26. The van der Waals surface area contributed by atoms with Crippen molar-refractivity contribution < 1.29 is 8.94 Å². The molecule has 0 atom stereocenters. The molecule has 2 N–H and O–H groups in total. The number of aliphatic imine (C=N–C) groups is 1. The van der Waals surface area contributed by atoms with Gasteiger partial charge in [-0.1, -0.05) is 5.16 Å². The molecule has 7 heteroatoms. The summed E-state index contributed by atoms with van der Waals surface area (Å²) < 4.78 is 10.7. The molecule has 0 spiro atoms. The maximum Gasteiger partial charge on any atom is 0.216 e. The Balaban J connectivity index is 1.91. The first-order valence-corrected chi connectivity index (χ1v) is 7.88. The Labute approximate surface area is 136 Å². The molecule has 2 rings (SSSR count). The van der Waals surface area contributed by atoms with E-state index in [1.807, 2.05) is 34.6 Å². The summed E-state index contributed by atoms with van der Waals surface area (Å²) in [5.41, 5.74) is 3.00. The molecule has 0 saturated carbocycles. The van der Waals surface area contributed by atoms with Gasteiger partial charge in [-0.15, -0.1) is 0 Å². The second-order valence-electron chi connectivity index (χ2n) is 5.42. The van der Waals surface area contributed by atoms with Crippen LogP contribution in [0.3, 0.4) is 0 Å². The van der Waals surface area contributed by atoms with Crippen LogP contribution in [0.15, 0.2) is 13.9 Å². The number of hydrogen-bond acceptors (Lipinski definition) is 5. The average Bonchev–Trinajstić information content (AvgIpc) is 3.00. The third kappa shape index (κ3) is 4.58. The lowest BCUT2D eigenvalue weighted by Crippen LogP contribution is -2.38. The SMILES string of the molecule is CCNC(=NCc1nc(C)c(C)o1)NCCc1c(C)noc1C. The van der Waals surface area contributed by atoms with Gasteiger partial charge in [0.15, 0.2) is 5.96 Å². The fourth-order valence-electron chi connectivity index (χ4n) is 2.26. The molecule has 0 fully saturated rings. The third-order valence-corrected chi connectivity index (χ3v) is 3.64. The minimum atomic E-state index is 0.412. The number of aryl methyl sites for hydroxylation is 4. The maximum absolute atomic E-state index is 5.54. The number of oxazole rings is 1. The van der Waals surface area contributed by atoms with E-state index < -0.39 is 0 Å². The summed E-state index contributed by atoms with van der Waals surface area (Å²) in [6.07, 6.45) is 0.836. The number of nitrogens with zero attached hydrogens (tertiary/aromatic N) is 3. The Morgan fingerprint density at radius 3 is 2.43 bits per heavy atom. The molecule has 126 valence electrons. The highest BCUT2D eigenvalue weighted by Gasteiger charge is 2.09. The molecule has 23 heavy (non-hydrogen) atoms. The zero-order valence-electron chi connectivity index (χ0n) is 14.5. The van der Waals surface area contributed by atoms with Gasteiger partial charge in [-0.05, 0) is 41.0 Å². The van der Waals surface area contributed by atoms with Crippen LogP contribution in [0, 0.1) is 27.7 Å². The minimum absolute atomic E-state index is 0.412. The van der Waals surface area contributed by atoms with Crippen LogP contribution < -0.4 is 10.6 Å². The van der Waals surface area contributed by atoms with E-state index in [0.717, 1.165) is 53.9 Å². The molecule has 0 unspecified atom stereocenters. The van der Waals surface area contributed by atoms with Gasteiger partial charge in [0.25, 0.3) is 0 Å². The number of nitrogens with one attached hydrogen (secondary N) is 2. The van der Waals surface area contributed by atoms with Gasteiger partial charge in [0.2, 0.25) is 5.89 Å². The van der Waals surface area contributed by atoms with E-state index in [9.17, 15) is 0 Å². The van der Waals surface area contributed by atoms with Crippen LogP contribution in [0.5, 0.6) is 0 Å². The van der Waals surface area contributed by atoms with Gasteiger partial charge >= 0.3 is 0 Å². The van der Waals surface area contributed by atoms with Crippen molar-refractivity contribution in [2.45, 2.75) is 47.6 Å². The summed E-state index contributed by atoms with van der Waals surface area (Å²) in [5.74, 6) is 3.08. The number of guanidine groups is 1. The standard InChI is InChI=1S/C16H25N5O2/c1-6-17-16(19-9-15-20-10(2)12(4)22-15)18-8-7-14-11(3)21-23-13(14)5/h6-9H2,1-5H3,(H2,17,18,19). The van der Waals surface area contributed by atoms with Gasteiger partial charge in [0.1, 0.15) is 18.1 Å². The summed E-state index contributed by atoms with van der Waals surface area (Å²) in [6, 6.07) is 0. The molecular formula is C16H25N5O2. The second-order valence-corrected chi connectivity index (χ2v) is 5.42. The first kappa shape index (κ1) is 17.1. The number of aromatic nitrogens is 2. The van der Waals surface area contributed by atoms with E-state index in [1.54, 1.807) is 0 Å². The van der Waals surface area contributed by atoms with Crippen molar-refractivity contribution in [3.63, 3.8) is 0 Å². The van der Waals surface area contributed by atoms with Gasteiger partial charge in [0.05, 0.1) is 11.4 Å². The van der Waals surface area contributed by atoms with Crippen molar-refractivity contribution in [3.05, 3.63) is 34.4 Å². The zero-order chi connectivity index (χ0) is 16.8. The van der Waals surface area contributed by atoms with Crippen molar-refractivity contribution in [2.75, 3.05) is 13.1 Å². The second kappa shape index (κ2) is 7.80. The smallest absolute Gasteiger partial charge is 0.216 e. The van der Waals surface area contributed by atoms with Crippen LogP contribution in [0.1, 0.15) is 41.3 Å². The van der Waals surface area contributed by atoms with E-state index in [1.165, 1.54) is 0 Å². The predicted molar refractivity (Wildman–Crippen MR) is 88.5 cm³/mol. The number of rotatable bonds is 6. The van der Waals surface area contributed by atoms with Crippen molar-refractivity contribution >= 4 is 5.96 Å². The average molecular weight is 319 g/mol. The highest BCUT2D eigenvalue weighted by molar-refractivity contribution is 5.79. The van der Waals surface area contributed by atoms with Crippen LogP contribution in [-0.2, 0) is 13.0 Å². The third-order valence-electron chi connectivity index (χ3n) is 3.64. The van der Waals surface area contributed by atoms with Crippen molar-refractivity contribution in [1.82, 2.24) is 20.8 Å². The highest BCUT2D eigenvalue weighted by Crippen LogP contribution is 2.12. The molecule has 0 aliphatic carbocycles. The zero-order valence-corrected chi connectivity index (χ0v) is 14.5. The van der Waals surface area contributed by atoms with Crippen LogP contribution in [0.25, 0.3) is 0 Å². The molecular weight excluding hydrogens is 294 g/mol. The lowest BCUT2D eigenvalue weighted by Gasteiger charge is -2.10. The van der Waals surface area contributed by atoms with E-state index in [-0.39, 0.29) is 0 Å². The minimum Gasteiger partial charge on any atom is -0.444 e. The summed E-state index contributed by atoms with van der Waals surface area (Å²) in [7, 11) is 0. The van der Waals surface area contributed by atoms with Crippen molar-refractivity contribution in [2.24, 2.45) is 4.99 Å². The number of hydrogen-bond donors (Lipinski definition) is 2. The van der Waals surface area contributed by atoms with Crippen LogP contribution in [0.4, 0.5) is 0 Å². The lowest BCUT2D eigenvalue weighted by molar-refractivity contribution is 0.392. The summed E-state index contributed by atoms with van der Waals surface area (Å²) in [4.78, 5) is 8.84. The van der Waals surface area contributed by atoms with Crippen molar-refractivity contribution in [3.8, 4) is 0 Å². The molecule has 2 heterocycles. The first-order valence-electron chi connectivity index (χ1n) is 7.88. The molecule has 0 saturated heterocycles. The van der Waals surface area contributed by atoms with Crippen LogP contribution >= 0.6 is 0 Å². The molecule has 0 aliphatic heterocycles. The van der Waals surface area contributed by atoms with Gasteiger partial charge in [-0.25, -0.2) is 9.98 Å². The van der Waals surface area contributed by atoms with E-state index in [0.29, 0.717) is 12.4 Å². The van der Waals surface area contributed by atoms with Gasteiger partial charge in [0, 0.05) is 18.7 Å². The van der Waals surface area contributed by atoms with Crippen molar-refractivity contribution in [1.29, 1.82) is 0 Å². The molecule has 2 aromatic rings. The molecule has 0 aliphatic rings.